The van der Waals surface area contributed by atoms with E-state index in [1.807, 2.05) is 38.1 Å². The van der Waals surface area contributed by atoms with Gasteiger partial charge in [-0.05, 0) is 56.2 Å². The molecule has 3 rings (SSSR count). The van der Waals surface area contributed by atoms with Gasteiger partial charge in [0.2, 0.25) is 0 Å². The number of anilines is 1. The van der Waals surface area contributed by atoms with Crippen molar-refractivity contribution in [3.8, 4) is 23.1 Å². The highest BCUT2D eigenvalue weighted by Gasteiger charge is 2.16. The van der Waals surface area contributed by atoms with E-state index >= 15 is 0 Å². The first-order valence-electron chi connectivity index (χ1n) is 10.8. The van der Waals surface area contributed by atoms with Gasteiger partial charge >= 0.3 is 6.01 Å². The lowest BCUT2D eigenvalue weighted by molar-refractivity contribution is 0.0318. The standard InChI is InChI=1S/C24H31FN4O3/c1-16(2)14-31-15-22(30)13-26-20-8-10-21(11-9-20)29-23(18-6-5-7-19(25)12-18)27-24(28-29)32-17(3)4/h5-12,16-17,22,26,30H,13-15H2,1-4H3/t22-/m0/s1. The van der Waals surface area contributed by atoms with Crippen LogP contribution in [0.25, 0.3) is 17.1 Å². The minimum Gasteiger partial charge on any atom is -0.460 e. The summed E-state index contributed by atoms with van der Waals surface area (Å²) in [5, 5.41) is 17.7. The number of hydrogen-bond acceptors (Lipinski definition) is 6. The Bertz CT molecular complexity index is 989. The maximum Gasteiger partial charge on any atom is 0.336 e. The molecule has 0 saturated heterocycles. The summed E-state index contributed by atoms with van der Waals surface area (Å²) in [7, 11) is 0. The zero-order chi connectivity index (χ0) is 23.1. The van der Waals surface area contributed by atoms with Gasteiger partial charge in [-0.1, -0.05) is 26.0 Å². The summed E-state index contributed by atoms with van der Waals surface area (Å²) in [6, 6.07) is 14.0. The lowest BCUT2D eigenvalue weighted by atomic mass is 10.2. The Labute approximate surface area is 188 Å². The maximum atomic E-state index is 13.8. The highest BCUT2D eigenvalue weighted by atomic mass is 19.1. The van der Waals surface area contributed by atoms with Crippen molar-refractivity contribution < 1.29 is 19.0 Å². The average Bonchev–Trinajstić information content (AvgIpc) is 3.15. The van der Waals surface area contributed by atoms with E-state index in [4.69, 9.17) is 9.47 Å². The fourth-order valence-electron chi connectivity index (χ4n) is 3.00. The lowest BCUT2D eigenvalue weighted by Crippen LogP contribution is -2.25. The molecule has 0 aliphatic heterocycles. The molecule has 1 heterocycles. The molecule has 1 aromatic heterocycles. The number of halogens is 1. The predicted octanol–water partition coefficient (Wildman–Crippen LogP) is 4.31. The normalized spacial score (nSPS) is 12.4. The number of hydrogen-bond donors (Lipinski definition) is 2. The molecule has 2 aromatic carbocycles. The summed E-state index contributed by atoms with van der Waals surface area (Å²) in [6.45, 7) is 9.22. The van der Waals surface area contributed by atoms with E-state index in [0.717, 1.165) is 11.4 Å². The number of ether oxygens (including phenoxy) is 2. The molecule has 8 heteroatoms. The van der Waals surface area contributed by atoms with Gasteiger partial charge in [0.25, 0.3) is 0 Å². The lowest BCUT2D eigenvalue weighted by Gasteiger charge is -2.14. The molecule has 0 amide bonds. The van der Waals surface area contributed by atoms with Crippen molar-refractivity contribution in [3.05, 3.63) is 54.3 Å². The van der Waals surface area contributed by atoms with E-state index in [9.17, 15) is 9.50 Å². The molecule has 172 valence electrons. The number of aromatic nitrogens is 3. The Morgan fingerprint density at radius 1 is 1.06 bits per heavy atom. The smallest absolute Gasteiger partial charge is 0.336 e. The molecule has 0 aliphatic carbocycles. The topological polar surface area (TPSA) is 81.4 Å². The van der Waals surface area contributed by atoms with Gasteiger partial charge < -0.3 is 19.9 Å². The zero-order valence-electron chi connectivity index (χ0n) is 19.0. The van der Waals surface area contributed by atoms with Gasteiger partial charge in [-0.3, -0.25) is 0 Å². The Kier molecular flexibility index (Phi) is 8.19. The van der Waals surface area contributed by atoms with E-state index in [-0.39, 0.29) is 24.5 Å². The molecular weight excluding hydrogens is 411 g/mol. The molecule has 0 aliphatic rings. The number of nitrogens with zero attached hydrogens (tertiary/aromatic N) is 3. The Morgan fingerprint density at radius 3 is 2.47 bits per heavy atom. The number of rotatable bonds is 11. The van der Waals surface area contributed by atoms with Crippen LogP contribution in [0.4, 0.5) is 10.1 Å². The van der Waals surface area contributed by atoms with Gasteiger partial charge in [0.05, 0.1) is 24.5 Å². The molecule has 1 atom stereocenters. The van der Waals surface area contributed by atoms with Crippen molar-refractivity contribution in [1.29, 1.82) is 0 Å². The second-order valence-corrected chi connectivity index (χ2v) is 8.32. The van der Waals surface area contributed by atoms with E-state index < -0.39 is 6.10 Å². The minimum absolute atomic E-state index is 0.0891. The summed E-state index contributed by atoms with van der Waals surface area (Å²) >= 11 is 0. The first kappa shape index (κ1) is 23.7. The van der Waals surface area contributed by atoms with Gasteiger partial charge in [-0.2, -0.15) is 4.98 Å². The van der Waals surface area contributed by atoms with Crippen LogP contribution in [0.2, 0.25) is 0 Å². The largest absolute Gasteiger partial charge is 0.460 e. The first-order chi connectivity index (χ1) is 15.3. The van der Waals surface area contributed by atoms with Crippen LogP contribution in [-0.2, 0) is 4.74 Å². The molecular formula is C24H31FN4O3. The number of nitrogens with one attached hydrogen (secondary N) is 1. The molecule has 7 nitrogen and oxygen atoms in total. The SMILES string of the molecule is CC(C)COC[C@@H](O)CNc1ccc(-n2nc(OC(C)C)nc2-c2cccc(F)c2)cc1. The summed E-state index contributed by atoms with van der Waals surface area (Å²) in [5.74, 6) is 0.570. The number of benzene rings is 2. The summed E-state index contributed by atoms with van der Waals surface area (Å²) < 4.78 is 26.6. The summed E-state index contributed by atoms with van der Waals surface area (Å²) in [4.78, 5) is 4.46. The molecule has 0 saturated carbocycles. The Balaban J connectivity index is 1.74. The van der Waals surface area contributed by atoms with Crippen LogP contribution in [0.15, 0.2) is 48.5 Å². The van der Waals surface area contributed by atoms with Crippen molar-refractivity contribution in [3.63, 3.8) is 0 Å². The van der Waals surface area contributed by atoms with Crippen LogP contribution >= 0.6 is 0 Å². The van der Waals surface area contributed by atoms with Gasteiger partial charge in [0, 0.05) is 24.4 Å². The fraction of sp³-hybridized carbons (Fsp3) is 0.417. The summed E-state index contributed by atoms with van der Waals surface area (Å²) in [6.07, 6.45) is -0.687. The van der Waals surface area contributed by atoms with Crippen molar-refractivity contribution in [2.24, 2.45) is 5.92 Å². The van der Waals surface area contributed by atoms with Gasteiger partial charge in [-0.15, -0.1) is 5.10 Å². The van der Waals surface area contributed by atoms with E-state index in [1.54, 1.807) is 16.8 Å². The van der Waals surface area contributed by atoms with Crippen LogP contribution in [0.5, 0.6) is 6.01 Å². The molecule has 0 fully saturated rings. The van der Waals surface area contributed by atoms with E-state index in [0.29, 0.717) is 30.5 Å². The van der Waals surface area contributed by atoms with Crippen molar-refractivity contribution in [1.82, 2.24) is 14.8 Å². The molecule has 2 N–H and O–H groups in total. The Morgan fingerprint density at radius 2 is 1.81 bits per heavy atom. The second-order valence-electron chi connectivity index (χ2n) is 8.32. The van der Waals surface area contributed by atoms with Gasteiger partial charge in [-0.25, -0.2) is 9.07 Å². The van der Waals surface area contributed by atoms with Crippen LogP contribution in [0, 0.1) is 11.7 Å². The third-order valence-corrected chi connectivity index (χ3v) is 4.43. The highest BCUT2D eigenvalue weighted by Crippen LogP contribution is 2.25. The van der Waals surface area contributed by atoms with Crippen LogP contribution < -0.4 is 10.1 Å². The fourth-order valence-corrected chi connectivity index (χ4v) is 3.00. The second kappa shape index (κ2) is 11.1. The quantitative estimate of drug-likeness (QED) is 0.461. The molecule has 0 spiro atoms. The van der Waals surface area contributed by atoms with Crippen molar-refractivity contribution in [2.75, 3.05) is 25.1 Å². The first-order valence-corrected chi connectivity index (χ1v) is 10.8. The minimum atomic E-state index is -0.598. The number of aliphatic hydroxyl groups is 1. The van der Waals surface area contributed by atoms with E-state index in [2.05, 4.69) is 29.2 Å². The van der Waals surface area contributed by atoms with Crippen LogP contribution in [0.3, 0.4) is 0 Å². The van der Waals surface area contributed by atoms with Crippen molar-refractivity contribution in [2.45, 2.75) is 39.9 Å². The van der Waals surface area contributed by atoms with Crippen LogP contribution in [-0.4, -0.2) is 51.8 Å². The third-order valence-electron chi connectivity index (χ3n) is 4.43. The summed E-state index contributed by atoms with van der Waals surface area (Å²) in [5.41, 5.74) is 2.20. The molecule has 3 aromatic rings. The van der Waals surface area contributed by atoms with Gasteiger partial charge in [0.1, 0.15) is 5.82 Å². The maximum absolute atomic E-state index is 13.8. The molecule has 32 heavy (non-hydrogen) atoms. The molecule has 0 bridgehead atoms. The number of aliphatic hydroxyl groups excluding tert-OH is 1. The van der Waals surface area contributed by atoms with Gasteiger partial charge in [0.15, 0.2) is 5.82 Å². The van der Waals surface area contributed by atoms with Crippen LogP contribution in [0.1, 0.15) is 27.7 Å². The highest BCUT2D eigenvalue weighted by molar-refractivity contribution is 5.59. The molecule has 0 unspecified atom stereocenters. The Hall–Kier alpha value is -2.97. The predicted molar refractivity (Wildman–Crippen MR) is 123 cm³/mol. The monoisotopic (exact) mass is 442 g/mol. The molecule has 0 radical (unpaired) electrons. The van der Waals surface area contributed by atoms with Crippen molar-refractivity contribution >= 4 is 5.69 Å². The third kappa shape index (κ3) is 6.77. The van der Waals surface area contributed by atoms with E-state index in [1.165, 1.54) is 12.1 Å². The zero-order valence-corrected chi connectivity index (χ0v) is 19.0. The average molecular weight is 443 g/mol.